The van der Waals surface area contributed by atoms with Gasteiger partial charge in [0.15, 0.2) is 9.84 Å². The number of hydrogen-bond donors (Lipinski definition) is 2. The maximum Gasteiger partial charge on any atom is 0.416 e. The molecule has 3 atom stereocenters. The topological polar surface area (TPSA) is 99.6 Å². The molecule has 40 heavy (non-hydrogen) atoms. The van der Waals surface area contributed by atoms with Crippen LogP contribution in [-0.4, -0.2) is 56.1 Å². The van der Waals surface area contributed by atoms with Crippen molar-refractivity contribution in [1.82, 2.24) is 9.88 Å². The molecule has 1 aliphatic carbocycles. The Balaban J connectivity index is 0.00000141. The first-order valence-corrected chi connectivity index (χ1v) is 15.0. The van der Waals surface area contributed by atoms with Gasteiger partial charge in [0.2, 0.25) is 0 Å². The van der Waals surface area contributed by atoms with E-state index in [0.717, 1.165) is 18.2 Å². The number of carboxylic acid groups (broad SMARTS) is 1. The first kappa shape index (κ1) is 31.8. The maximum absolute atomic E-state index is 15.0. The number of anilines is 1. The lowest BCUT2D eigenvalue weighted by atomic mass is 9.78. The number of nitrogens with one attached hydrogen (secondary N) is 1. The van der Waals surface area contributed by atoms with E-state index < -0.39 is 38.0 Å². The van der Waals surface area contributed by atoms with Crippen LogP contribution in [0.5, 0.6) is 0 Å². The van der Waals surface area contributed by atoms with E-state index in [1.54, 1.807) is 11.4 Å². The van der Waals surface area contributed by atoms with Crippen molar-refractivity contribution in [3.8, 4) is 0 Å². The number of hydrogen-bond acceptors (Lipinski definition) is 7. The van der Waals surface area contributed by atoms with E-state index in [1.165, 1.54) is 29.7 Å². The molecule has 0 amide bonds. The number of halogens is 5. The predicted octanol–water partition coefficient (Wildman–Crippen LogP) is 6.31. The van der Waals surface area contributed by atoms with E-state index >= 15 is 0 Å². The van der Waals surface area contributed by atoms with Gasteiger partial charge in [-0.15, -0.1) is 11.3 Å². The second-order valence-corrected chi connectivity index (χ2v) is 12.8. The van der Waals surface area contributed by atoms with Crippen molar-refractivity contribution in [2.75, 3.05) is 19.4 Å². The molecule has 218 valence electrons. The zero-order chi connectivity index (χ0) is 29.7. The molecule has 3 aromatic rings. The fraction of sp³-hybridized carbons (Fsp3) is 0.385. The molecule has 4 rings (SSSR count). The van der Waals surface area contributed by atoms with Gasteiger partial charge in [-0.05, 0) is 63.0 Å². The van der Waals surface area contributed by atoms with Crippen LogP contribution in [0.25, 0.3) is 0 Å². The number of likely N-dealkylation sites (N-methyl/N-ethyl adjacent to an activating group) is 1. The van der Waals surface area contributed by atoms with E-state index in [1.807, 2.05) is 19.0 Å². The zero-order valence-electron chi connectivity index (χ0n) is 21.5. The predicted molar refractivity (Wildman–Crippen MR) is 146 cm³/mol. The molecule has 1 aliphatic rings. The van der Waals surface area contributed by atoms with Gasteiger partial charge < -0.3 is 15.3 Å². The zero-order valence-corrected chi connectivity index (χ0v) is 23.9. The first-order valence-electron chi connectivity index (χ1n) is 12.0. The van der Waals surface area contributed by atoms with Crippen LogP contribution in [-0.2, 0) is 26.6 Å². The second-order valence-electron chi connectivity index (χ2n) is 9.47. The smallest absolute Gasteiger partial charge is 0.416 e. The van der Waals surface area contributed by atoms with Crippen molar-refractivity contribution in [3.63, 3.8) is 0 Å². The van der Waals surface area contributed by atoms with Gasteiger partial charge in [-0.2, -0.15) is 13.2 Å². The maximum atomic E-state index is 15.0. The molecule has 0 aliphatic heterocycles. The summed E-state index contributed by atoms with van der Waals surface area (Å²) in [5.74, 6) is -1.41. The van der Waals surface area contributed by atoms with Crippen LogP contribution >= 0.6 is 22.9 Å². The molecule has 0 radical (unpaired) electrons. The van der Waals surface area contributed by atoms with Crippen LogP contribution in [0.4, 0.5) is 23.2 Å². The van der Waals surface area contributed by atoms with Crippen molar-refractivity contribution in [3.05, 3.63) is 74.9 Å². The summed E-state index contributed by atoms with van der Waals surface area (Å²) >= 11 is 7.56. The first-order chi connectivity index (χ1) is 18.8. The average molecular weight is 622 g/mol. The molecule has 0 saturated heterocycles. The standard InChI is InChI=1S/C25H26ClF4N3O2S2.CH2O2/c1-33(2)22-11-16(15-4-3-5-17(10-15)25(28,29)30)6-7-20(22)32-21-13-19(27)23(12-18(21)26)37(34,35)14-24-31-8-9-36-24;2-1-3/h3-5,8-10,12-13,16,20,22,32H,6-7,11,14H2,1-2H3;1H,(H,2,3)/t16?,20-,22-;/m0./s1. The number of rotatable bonds is 7. The van der Waals surface area contributed by atoms with Crippen molar-refractivity contribution >= 4 is 44.9 Å². The molecule has 1 saturated carbocycles. The van der Waals surface area contributed by atoms with Crippen LogP contribution in [0.15, 0.2) is 52.9 Å². The van der Waals surface area contributed by atoms with E-state index in [2.05, 4.69) is 10.3 Å². The van der Waals surface area contributed by atoms with E-state index in [0.29, 0.717) is 29.8 Å². The average Bonchev–Trinajstić information content (AvgIpc) is 3.38. The van der Waals surface area contributed by atoms with Crippen LogP contribution in [0.2, 0.25) is 5.02 Å². The Hall–Kier alpha value is -2.74. The SMILES string of the molecule is CN(C)[C@H]1CC(c2cccc(C(F)(F)F)c2)CC[C@@H]1Nc1cc(F)c(S(=O)(=O)Cc2nccs2)cc1Cl.O=CO. The summed E-state index contributed by atoms with van der Waals surface area (Å²) in [5.41, 5.74) is 0.236. The minimum Gasteiger partial charge on any atom is -0.483 e. The summed E-state index contributed by atoms with van der Waals surface area (Å²) in [6.45, 7) is -0.250. The fourth-order valence-corrected chi connectivity index (χ4v) is 7.43. The normalized spacial score (nSPS) is 19.6. The van der Waals surface area contributed by atoms with E-state index in [4.69, 9.17) is 21.5 Å². The highest BCUT2D eigenvalue weighted by atomic mass is 35.5. The minimum atomic E-state index is -4.41. The van der Waals surface area contributed by atoms with Crippen LogP contribution < -0.4 is 5.32 Å². The Labute approximate surface area is 238 Å². The monoisotopic (exact) mass is 621 g/mol. The third-order valence-electron chi connectivity index (χ3n) is 6.66. The Bertz CT molecular complexity index is 1400. The molecule has 1 unspecified atom stereocenters. The van der Waals surface area contributed by atoms with Gasteiger partial charge in [-0.1, -0.05) is 29.8 Å². The number of carbonyl (C=O) groups is 1. The molecule has 0 bridgehead atoms. The van der Waals surface area contributed by atoms with Gasteiger partial charge in [0, 0.05) is 23.7 Å². The van der Waals surface area contributed by atoms with Crippen molar-refractivity contribution < 1.29 is 35.9 Å². The molecule has 2 aromatic carbocycles. The summed E-state index contributed by atoms with van der Waals surface area (Å²) in [6.07, 6.45) is -1.10. The summed E-state index contributed by atoms with van der Waals surface area (Å²) in [5, 5.41) is 12.2. The quantitative estimate of drug-likeness (QED) is 0.236. The molecule has 1 heterocycles. The molecule has 0 spiro atoms. The van der Waals surface area contributed by atoms with Gasteiger partial charge >= 0.3 is 6.18 Å². The minimum absolute atomic E-state index is 0.0663. The van der Waals surface area contributed by atoms with E-state index in [-0.39, 0.29) is 35.2 Å². The molecule has 1 fully saturated rings. The lowest BCUT2D eigenvalue weighted by Crippen LogP contribution is -2.47. The van der Waals surface area contributed by atoms with Crippen molar-refractivity contribution in [1.29, 1.82) is 0 Å². The van der Waals surface area contributed by atoms with Crippen molar-refractivity contribution in [2.24, 2.45) is 0 Å². The van der Waals surface area contributed by atoms with Crippen LogP contribution in [0.1, 0.15) is 41.3 Å². The number of thiazole rings is 1. The fourth-order valence-electron chi connectivity index (χ4n) is 4.80. The molecule has 14 heteroatoms. The van der Waals surface area contributed by atoms with Crippen LogP contribution in [0.3, 0.4) is 0 Å². The highest BCUT2D eigenvalue weighted by Crippen LogP contribution is 2.39. The largest absolute Gasteiger partial charge is 0.483 e. The lowest BCUT2D eigenvalue weighted by molar-refractivity contribution is -0.137. The third kappa shape index (κ3) is 7.93. The Morgan fingerprint density at radius 1 is 1.23 bits per heavy atom. The molecule has 1 aromatic heterocycles. The third-order valence-corrected chi connectivity index (χ3v) is 9.57. The Morgan fingerprint density at radius 2 is 1.93 bits per heavy atom. The molecule has 7 nitrogen and oxygen atoms in total. The Kier molecular flexibility index (Phi) is 10.6. The van der Waals surface area contributed by atoms with Gasteiger partial charge in [0.25, 0.3) is 6.47 Å². The summed E-state index contributed by atoms with van der Waals surface area (Å²) in [6, 6.07) is 7.37. The summed E-state index contributed by atoms with van der Waals surface area (Å²) in [4.78, 5) is 13.8. The summed E-state index contributed by atoms with van der Waals surface area (Å²) < 4.78 is 80.1. The van der Waals surface area contributed by atoms with Crippen molar-refractivity contribution in [2.45, 2.75) is 54.1 Å². The second kappa shape index (κ2) is 13.3. The number of benzene rings is 2. The highest BCUT2D eigenvalue weighted by molar-refractivity contribution is 7.90. The number of nitrogens with zero attached hydrogens (tertiary/aromatic N) is 2. The van der Waals surface area contributed by atoms with Crippen LogP contribution in [0, 0.1) is 5.82 Å². The van der Waals surface area contributed by atoms with Gasteiger partial charge in [0.1, 0.15) is 21.5 Å². The molecular weight excluding hydrogens is 594 g/mol. The van der Waals surface area contributed by atoms with E-state index in [9.17, 15) is 26.0 Å². The molecule has 2 N–H and O–H groups in total. The molecular formula is C26H28ClF4N3O4S2. The summed E-state index contributed by atoms with van der Waals surface area (Å²) in [7, 11) is -0.231. The lowest BCUT2D eigenvalue weighted by Gasteiger charge is -2.41. The highest BCUT2D eigenvalue weighted by Gasteiger charge is 2.35. The Morgan fingerprint density at radius 3 is 2.52 bits per heavy atom. The van der Waals surface area contributed by atoms with Gasteiger partial charge in [0.05, 0.1) is 16.3 Å². The van der Waals surface area contributed by atoms with Gasteiger partial charge in [-0.25, -0.2) is 17.8 Å². The number of aromatic nitrogens is 1. The number of sulfone groups is 1. The van der Waals surface area contributed by atoms with Gasteiger partial charge in [-0.3, -0.25) is 4.79 Å². The number of alkyl halides is 3.